The van der Waals surface area contributed by atoms with Crippen LogP contribution >= 0.6 is 0 Å². The van der Waals surface area contributed by atoms with Crippen LogP contribution in [0.25, 0.3) is 0 Å². The highest BCUT2D eigenvalue weighted by atomic mass is 32.2. The zero-order valence-corrected chi connectivity index (χ0v) is 19.8. The topological polar surface area (TPSA) is 99.2 Å². The van der Waals surface area contributed by atoms with Crippen LogP contribution in [0.2, 0.25) is 0 Å². The van der Waals surface area contributed by atoms with Gasteiger partial charge >= 0.3 is 12.1 Å². The highest BCUT2D eigenvalue weighted by molar-refractivity contribution is 7.85. The van der Waals surface area contributed by atoms with Gasteiger partial charge in [-0.15, -0.1) is 0 Å². The second-order valence-corrected chi connectivity index (χ2v) is 11.4. The van der Waals surface area contributed by atoms with Gasteiger partial charge in [-0.2, -0.15) is 8.42 Å². The second kappa shape index (κ2) is 9.20. The molecule has 1 aliphatic heterocycles. The van der Waals surface area contributed by atoms with E-state index in [1.165, 1.54) is 0 Å². The van der Waals surface area contributed by atoms with Crippen LogP contribution in [0.5, 0.6) is 0 Å². The van der Waals surface area contributed by atoms with E-state index in [-0.39, 0.29) is 12.6 Å². The molecule has 2 unspecified atom stereocenters. The lowest BCUT2D eigenvalue weighted by molar-refractivity contribution is -0.165. The van der Waals surface area contributed by atoms with E-state index in [4.69, 9.17) is 13.7 Å². The van der Waals surface area contributed by atoms with Crippen LogP contribution in [0.1, 0.15) is 74.1 Å². The van der Waals surface area contributed by atoms with E-state index < -0.39 is 38.9 Å². The molecular formula is C20H37NO7S. The van der Waals surface area contributed by atoms with Crippen molar-refractivity contribution < 1.29 is 31.7 Å². The molecule has 2 atom stereocenters. The van der Waals surface area contributed by atoms with Crippen molar-refractivity contribution in [3.05, 3.63) is 0 Å². The Morgan fingerprint density at radius 3 is 2.21 bits per heavy atom. The Morgan fingerprint density at radius 1 is 1.14 bits per heavy atom. The minimum absolute atomic E-state index is 0.00266. The van der Waals surface area contributed by atoms with Gasteiger partial charge in [0.25, 0.3) is 10.1 Å². The van der Waals surface area contributed by atoms with E-state index in [1.807, 2.05) is 0 Å². The summed E-state index contributed by atoms with van der Waals surface area (Å²) >= 11 is 0. The Labute approximate surface area is 175 Å². The molecule has 1 aliphatic rings. The summed E-state index contributed by atoms with van der Waals surface area (Å²) in [6, 6.07) is 0. The molecule has 0 radical (unpaired) electrons. The van der Waals surface area contributed by atoms with Crippen molar-refractivity contribution in [2.45, 2.75) is 91.4 Å². The number of ether oxygens (including phenoxy) is 2. The van der Waals surface area contributed by atoms with Gasteiger partial charge in [0.2, 0.25) is 0 Å². The molecule has 0 spiro atoms. The third kappa shape index (κ3) is 7.77. The molecule has 0 saturated carbocycles. The van der Waals surface area contributed by atoms with E-state index in [1.54, 1.807) is 53.4 Å². The first-order valence-corrected chi connectivity index (χ1v) is 11.9. The predicted molar refractivity (Wildman–Crippen MR) is 110 cm³/mol. The predicted octanol–water partition coefficient (Wildman–Crippen LogP) is 3.49. The number of nitrogens with zero attached hydrogens (tertiary/aromatic N) is 1. The van der Waals surface area contributed by atoms with Gasteiger partial charge in [0, 0.05) is 6.54 Å². The van der Waals surface area contributed by atoms with Gasteiger partial charge in [0.1, 0.15) is 11.7 Å². The molecule has 0 aromatic carbocycles. The zero-order chi connectivity index (χ0) is 22.7. The Morgan fingerprint density at radius 2 is 1.72 bits per heavy atom. The summed E-state index contributed by atoms with van der Waals surface area (Å²) in [7, 11) is -3.54. The normalized spacial score (nSPS) is 21.7. The van der Waals surface area contributed by atoms with Crippen molar-refractivity contribution >= 4 is 22.2 Å². The number of carbonyl (C=O) groups excluding carboxylic acids is 2. The number of rotatable bonds is 7. The molecule has 0 bridgehead atoms. The molecule has 8 nitrogen and oxygen atoms in total. The van der Waals surface area contributed by atoms with Crippen LogP contribution in [0.15, 0.2) is 0 Å². The molecule has 1 fully saturated rings. The van der Waals surface area contributed by atoms with Crippen molar-refractivity contribution in [3.63, 3.8) is 0 Å². The van der Waals surface area contributed by atoms with Crippen LogP contribution in [0.3, 0.4) is 0 Å². The summed E-state index contributed by atoms with van der Waals surface area (Å²) in [6.07, 6.45) is 2.15. The van der Waals surface area contributed by atoms with Gasteiger partial charge in [0.15, 0.2) is 0 Å². The van der Waals surface area contributed by atoms with Gasteiger partial charge in [-0.25, -0.2) is 4.79 Å². The van der Waals surface area contributed by atoms with E-state index >= 15 is 0 Å². The van der Waals surface area contributed by atoms with Crippen molar-refractivity contribution in [2.75, 3.05) is 19.4 Å². The molecule has 0 aromatic heterocycles. The molecule has 0 aliphatic carbocycles. The Balaban J connectivity index is 3.09. The molecule has 0 aromatic rings. The summed E-state index contributed by atoms with van der Waals surface area (Å²) in [4.78, 5) is 27.0. The molecule has 0 N–H and O–H groups in total. The highest BCUT2D eigenvalue weighted by Crippen LogP contribution is 2.39. The van der Waals surface area contributed by atoms with Gasteiger partial charge in [-0.3, -0.25) is 13.9 Å². The molecule has 170 valence electrons. The molecule has 29 heavy (non-hydrogen) atoms. The average Bonchev–Trinajstić information content (AvgIpc) is 2.93. The van der Waals surface area contributed by atoms with Crippen LogP contribution in [-0.4, -0.2) is 62.0 Å². The first-order chi connectivity index (χ1) is 13.0. The number of likely N-dealkylation sites (tertiary alicyclic amines) is 1. The number of hydrogen-bond acceptors (Lipinski definition) is 7. The minimum Gasteiger partial charge on any atom is -0.460 e. The smallest absolute Gasteiger partial charge is 0.410 e. The summed E-state index contributed by atoms with van der Waals surface area (Å²) in [5, 5.41) is 0. The number of carbonyl (C=O) groups is 2. The Kier molecular flexibility index (Phi) is 8.15. The SMILES string of the molecule is CC(OC(=O)C(C)(C)C)C1(CCCOS(C)(=O)=O)CCCN1C(=O)OC(C)(C)C. The molecule has 1 heterocycles. The second-order valence-electron chi connectivity index (χ2n) is 9.77. The molecule has 9 heteroatoms. The van der Waals surface area contributed by atoms with Gasteiger partial charge < -0.3 is 9.47 Å². The monoisotopic (exact) mass is 435 g/mol. The van der Waals surface area contributed by atoms with Crippen molar-refractivity contribution in [2.24, 2.45) is 5.41 Å². The number of amides is 1. The minimum atomic E-state index is -3.54. The maximum atomic E-state index is 12.9. The summed E-state index contributed by atoms with van der Waals surface area (Å²) in [5.74, 6) is -0.354. The van der Waals surface area contributed by atoms with Gasteiger partial charge in [0.05, 0.1) is 23.8 Å². The Hall–Kier alpha value is -1.35. The van der Waals surface area contributed by atoms with Gasteiger partial charge in [-0.1, -0.05) is 0 Å². The molecule has 1 saturated heterocycles. The van der Waals surface area contributed by atoms with E-state index in [9.17, 15) is 18.0 Å². The summed E-state index contributed by atoms with van der Waals surface area (Å²) in [6.45, 7) is 13.0. The van der Waals surface area contributed by atoms with Crippen molar-refractivity contribution in [1.82, 2.24) is 4.90 Å². The number of esters is 1. The van der Waals surface area contributed by atoms with Crippen LogP contribution < -0.4 is 0 Å². The van der Waals surface area contributed by atoms with E-state index in [0.717, 1.165) is 12.7 Å². The van der Waals surface area contributed by atoms with Crippen molar-refractivity contribution in [1.29, 1.82) is 0 Å². The van der Waals surface area contributed by atoms with E-state index in [0.29, 0.717) is 25.8 Å². The van der Waals surface area contributed by atoms with E-state index in [2.05, 4.69) is 0 Å². The fraction of sp³-hybridized carbons (Fsp3) is 0.900. The van der Waals surface area contributed by atoms with Crippen molar-refractivity contribution in [3.8, 4) is 0 Å². The maximum absolute atomic E-state index is 12.9. The maximum Gasteiger partial charge on any atom is 0.410 e. The third-order valence-corrected chi connectivity index (χ3v) is 5.44. The molecule has 1 rings (SSSR count). The lowest BCUT2D eigenvalue weighted by Gasteiger charge is -2.43. The average molecular weight is 436 g/mol. The molecular weight excluding hydrogens is 398 g/mol. The third-order valence-electron chi connectivity index (χ3n) is 4.85. The lowest BCUT2D eigenvalue weighted by atomic mass is 9.85. The quantitative estimate of drug-likeness (QED) is 0.343. The lowest BCUT2D eigenvalue weighted by Crippen LogP contribution is -2.57. The Bertz CT molecular complexity index is 691. The standard InChI is InChI=1S/C20H37NO7S/c1-15(27-16(22)18(2,3)4)20(12-10-14-26-29(8,24)25)11-9-13-21(20)17(23)28-19(5,6)7/h15H,9-14H2,1-8H3. The fourth-order valence-corrected chi connectivity index (χ4v) is 3.83. The first-order valence-electron chi connectivity index (χ1n) is 10.0. The van der Waals surface area contributed by atoms with Crippen LogP contribution in [0.4, 0.5) is 4.79 Å². The summed E-state index contributed by atoms with van der Waals surface area (Å²) < 4.78 is 38.7. The fourth-order valence-electron chi connectivity index (χ4n) is 3.41. The number of hydrogen-bond donors (Lipinski definition) is 0. The zero-order valence-electron chi connectivity index (χ0n) is 19.0. The first kappa shape index (κ1) is 25.7. The largest absolute Gasteiger partial charge is 0.460 e. The summed E-state index contributed by atoms with van der Waals surface area (Å²) in [5.41, 5.74) is -2.11. The van der Waals surface area contributed by atoms with Gasteiger partial charge in [-0.05, 0) is 74.1 Å². The molecule has 1 amide bonds. The van der Waals surface area contributed by atoms with Crippen LogP contribution in [-0.2, 0) is 28.6 Å². The highest BCUT2D eigenvalue weighted by Gasteiger charge is 2.50. The van der Waals surface area contributed by atoms with Crippen LogP contribution in [0, 0.1) is 5.41 Å².